The summed E-state index contributed by atoms with van der Waals surface area (Å²) in [4.78, 5) is 137. The van der Waals surface area contributed by atoms with E-state index in [1.54, 1.807) is 106 Å². The van der Waals surface area contributed by atoms with Crippen molar-refractivity contribution in [2.45, 2.75) is 71.7 Å². The zero-order valence-corrected chi connectivity index (χ0v) is 50.6. The molecule has 6 amide bonds. The van der Waals surface area contributed by atoms with Crippen LogP contribution in [0.5, 0.6) is 0 Å². The molecule has 0 atom stereocenters. The van der Waals surface area contributed by atoms with Crippen LogP contribution < -0.4 is 26.8 Å². The van der Waals surface area contributed by atoms with E-state index in [1.807, 2.05) is 72.8 Å². The number of nitrogens with one attached hydrogen (secondary N) is 5. The van der Waals surface area contributed by atoms with Crippen LogP contribution in [0, 0.1) is 0 Å². The van der Waals surface area contributed by atoms with Crippen LogP contribution in [0.15, 0.2) is 182 Å². The van der Waals surface area contributed by atoms with Gasteiger partial charge in [0.05, 0.1) is 12.7 Å². The van der Waals surface area contributed by atoms with Gasteiger partial charge in [-0.05, 0) is 77.4 Å². The third kappa shape index (κ3) is 15.7. The average molecular weight is 1260 g/mol. The number of carbonyl (C=O) groups excluding carboxylic acids is 7. The fraction of sp³-hybridized carbons (Fsp3) is 0.209. The average Bonchev–Trinajstić information content (AvgIpc) is 1.72. The zero-order chi connectivity index (χ0) is 65.0. The molecule has 26 heteroatoms. The number of amides is 6. The van der Waals surface area contributed by atoms with Crippen LogP contribution in [-0.4, -0.2) is 116 Å². The lowest BCUT2D eigenvalue weighted by Gasteiger charge is -2.27. The molecule has 0 radical (unpaired) electrons. The highest BCUT2D eigenvalue weighted by Crippen LogP contribution is 2.44. The number of rotatable bonds is 22. The first-order chi connectivity index (χ1) is 45.0. The Morgan fingerprint density at radius 1 is 0.538 bits per heavy atom. The van der Waals surface area contributed by atoms with E-state index in [4.69, 9.17) is 18.9 Å². The Bertz CT molecular complexity index is 4450. The molecule has 0 saturated carbocycles. The van der Waals surface area contributed by atoms with Crippen molar-refractivity contribution >= 4 is 87.4 Å². The quantitative estimate of drug-likeness (QED) is 0.0312. The number of carbonyl (C=O) groups is 7. The number of para-hydroxylation sites is 2. The molecule has 472 valence electrons. The maximum atomic E-state index is 14.9. The van der Waals surface area contributed by atoms with Gasteiger partial charge in [-0.15, -0.1) is 0 Å². The number of esters is 1. The van der Waals surface area contributed by atoms with Gasteiger partial charge in [-0.3, -0.25) is 44.9 Å². The number of imidazole rings is 2. The highest BCUT2D eigenvalue weighted by atomic mass is 16.6. The van der Waals surface area contributed by atoms with Crippen molar-refractivity contribution < 1.29 is 52.5 Å². The second-order valence-corrected chi connectivity index (χ2v) is 22.5. The first-order valence-electron chi connectivity index (χ1n) is 29.4. The number of aromatic nitrogens is 8. The fourth-order valence-electron chi connectivity index (χ4n) is 10.5. The monoisotopic (exact) mass is 1250 g/mol. The summed E-state index contributed by atoms with van der Waals surface area (Å²) >= 11 is 0. The van der Waals surface area contributed by atoms with Crippen molar-refractivity contribution in [1.82, 2.24) is 48.8 Å². The molecule has 10 aromatic rings. The van der Waals surface area contributed by atoms with Crippen LogP contribution in [0.4, 0.5) is 37.5 Å². The molecule has 4 aromatic heterocycles. The smallest absolute Gasteiger partial charge is 0.414 e. The van der Waals surface area contributed by atoms with Crippen molar-refractivity contribution in [2.75, 3.05) is 41.0 Å². The number of hydrogen-bond acceptors (Lipinski definition) is 17. The van der Waals surface area contributed by atoms with Gasteiger partial charge in [0.1, 0.15) is 57.9 Å². The van der Waals surface area contributed by atoms with E-state index in [1.165, 1.54) is 37.9 Å². The van der Waals surface area contributed by atoms with Crippen LogP contribution in [0.1, 0.15) is 60.1 Å². The largest absolute Gasteiger partial charge is 0.459 e. The van der Waals surface area contributed by atoms with Crippen molar-refractivity contribution in [3.63, 3.8) is 0 Å². The Labute approximate surface area is 530 Å². The molecule has 26 nitrogen and oxygen atoms in total. The lowest BCUT2D eigenvalue weighted by Crippen LogP contribution is -2.40. The van der Waals surface area contributed by atoms with Gasteiger partial charge in [0, 0.05) is 30.4 Å². The van der Waals surface area contributed by atoms with Gasteiger partial charge in [0.15, 0.2) is 28.1 Å². The van der Waals surface area contributed by atoms with Gasteiger partial charge in [-0.2, -0.15) is 4.98 Å². The van der Waals surface area contributed by atoms with E-state index in [2.05, 4.69) is 51.2 Å². The summed E-state index contributed by atoms with van der Waals surface area (Å²) in [6.45, 7) is 2.42. The molecule has 0 bridgehead atoms. The van der Waals surface area contributed by atoms with Crippen LogP contribution >= 0.6 is 0 Å². The van der Waals surface area contributed by atoms with E-state index in [0.29, 0.717) is 16.8 Å². The minimum Gasteiger partial charge on any atom is -0.459 e. The van der Waals surface area contributed by atoms with E-state index < -0.39 is 79.3 Å². The Balaban J connectivity index is 0.823. The standard InChI is InChI=1S/C67H62N14O12/c1-67(2,3)93-56(85)35-79(55(84)34-81-41-71-58-61(81)75-63(76-62(58)86)77-66(89)91-37-43-20-8-5-9-21-43)31-44-22-10-16-28-51(44)72-53(82)32-78(54(83)33-80-40-70-57-59(68-39-69-60(57)80)74-65(88)90-36-42-18-6-4-7-19-42)30-45-23-11-17-29-52(45)73-64(87)92-38-50-48-26-14-12-24-46(48)47-25-13-15-27-49(47)50/h4-29,39-41,50H,30-38H2,1-3H3,(H,72,82)(H,73,87)(H,68,69,74,88)(H2,75,76,77,86,89). The minimum absolute atomic E-state index is 0.0112. The predicted octanol–water partition coefficient (Wildman–Crippen LogP) is 9.16. The molecule has 11 rings (SSSR count). The second-order valence-electron chi connectivity index (χ2n) is 22.5. The van der Waals surface area contributed by atoms with E-state index >= 15 is 0 Å². The van der Waals surface area contributed by atoms with Gasteiger partial charge >= 0.3 is 24.2 Å². The maximum Gasteiger partial charge on any atom is 0.414 e. The van der Waals surface area contributed by atoms with Gasteiger partial charge in [-0.1, -0.05) is 146 Å². The third-order valence-electron chi connectivity index (χ3n) is 14.7. The Kier molecular flexibility index (Phi) is 18.9. The third-order valence-corrected chi connectivity index (χ3v) is 14.7. The number of aromatic amines is 1. The molecule has 0 spiro atoms. The summed E-state index contributed by atoms with van der Waals surface area (Å²) in [5, 5.41) is 10.7. The SMILES string of the molecule is CC(C)(C)OC(=O)CN(Cc1ccccc1NC(=O)CN(Cc1ccccc1NC(=O)OCC1c2ccccc2-c2ccccc21)C(=O)Cn1cnc2c(NC(=O)OCc3ccccc3)ncnc21)C(=O)Cn1cnc2c(=O)[nH]c(NC(=O)OCc3ccccc3)nc21. The molecule has 1 aliphatic carbocycles. The molecule has 6 aromatic carbocycles. The fourth-order valence-corrected chi connectivity index (χ4v) is 10.5. The molecular weight excluding hydrogens is 1190 g/mol. The summed E-state index contributed by atoms with van der Waals surface area (Å²) in [6, 6.07) is 47.2. The molecule has 1 aliphatic rings. The van der Waals surface area contributed by atoms with Gasteiger partial charge in [-0.25, -0.2) is 34.3 Å². The number of benzene rings is 6. The topological polar surface area (TPSA) is 318 Å². The second kappa shape index (κ2) is 28.2. The highest BCUT2D eigenvalue weighted by Gasteiger charge is 2.31. The van der Waals surface area contributed by atoms with Crippen LogP contribution in [-0.2, 0) is 77.5 Å². The van der Waals surface area contributed by atoms with Crippen molar-refractivity contribution in [3.05, 3.63) is 220 Å². The number of anilines is 4. The Morgan fingerprint density at radius 2 is 1.04 bits per heavy atom. The molecule has 0 unspecified atom stereocenters. The normalized spacial score (nSPS) is 11.6. The van der Waals surface area contributed by atoms with E-state index in [0.717, 1.165) is 33.4 Å². The van der Waals surface area contributed by atoms with Gasteiger partial charge < -0.3 is 43.2 Å². The van der Waals surface area contributed by atoms with E-state index in [9.17, 15) is 38.4 Å². The number of nitrogens with zero attached hydrogens (tertiary/aromatic N) is 9. The molecule has 4 heterocycles. The summed E-state index contributed by atoms with van der Waals surface area (Å²) < 4.78 is 25.0. The number of fused-ring (bicyclic) bond motifs is 5. The number of H-pyrrole nitrogens is 1. The van der Waals surface area contributed by atoms with Gasteiger partial charge in [0.25, 0.3) is 5.56 Å². The summed E-state index contributed by atoms with van der Waals surface area (Å²) in [7, 11) is 0. The van der Waals surface area contributed by atoms with Crippen molar-refractivity contribution in [3.8, 4) is 11.1 Å². The summed E-state index contributed by atoms with van der Waals surface area (Å²) in [6.07, 6.45) is 1.29. The van der Waals surface area contributed by atoms with Crippen molar-refractivity contribution in [2.24, 2.45) is 0 Å². The van der Waals surface area contributed by atoms with E-state index in [-0.39, 0.29) is 78.6 Å². The van der Waals surface area contributed by atoms with Crippen LogP contribution in [0.3, 0.4) is 0 Å². The predicted molar refractivity (Wildman–Crippen MR) is 341 cm³/mol. The Hall–Kier alpha value is -12.1. The lowest BCUT2D eigenvalue weighted by molar-refractivity contribution is -0.159. The summed E-state index contributed by atoms with van der Waals surface area (Å²) in [5.74, 6) is -3.18. The first-order valence-corrected chi connectivity index (χ1v) is 29.4. The lowest BCUT2D eigenvalue weighted by atomic mass is 9.98. The molecular formula is C67H62N14O12. The Morgan fingerprint density at radius 3 is 1.65 bits per heavy atom. The number of hydrogen-bond donors (Lipinski definition) is 5. The van der Waals surface area contributed by atoms with Crippen molar-refractivity contribution in [1.29, 1.82) is 0 Å². The van der Waals surface area contributed by atoms with Crippen LogP contribution in [0.25, 0.3) is 33.5 Å². The molecule has 0 saturated heterocycles. The maximum absolute atomic E-state index is 14.9. The minimum atomic E-state index is -0.939. The van der Waals surface area contributed by atoms with Gasteiger partial charge in [0.2, 0.25) is 23.7 Å². The first kappa shape index (κ1) is 62.5. The molecule has 5 N–H and O–H groups in total. The highest BCUT2D eigenvalue weighted by molar-refractivity contribution is 5.97. The number of ether oxygens (including phenoxy) is 4. The molecule has 0 fully saturated rings. The molecule has 0 aliphatic heterocycles. The van der Waals surface area contributed by atoms with Crippen LogP contribution in [0.2, 0.25) is 0 Å². The zero-order valence-electron chi connectivity index (χ0n) is 50.6. The summed E-state index contributed by atoms with van der Waals surface area (Å²) in [5.41, 5.74) is 5.41. The molecule has 93 heavy (non-hydrogen) atoms.